The zero-order valence-corrected chi connectivity index (χ0v) is 21.4. The molecule has 1 fully saturated rings. The quantitative estimate of drug-likeness (QED) is 0.236. The summed E-state index contributed by atoms with van der Waals surface area (Å²) in [6.45, 7) is 3.48. The van der Waals surface area contributed by atoms with Crippen LogP contribution < -0.4 is 10.6 Å². The van der Waals surface area contributed by atoms with Crippen LogP contribution >= 0.6 is 58.0 Å². The molecule has 0 aliphatic heterocycles. The van der Waals surface area contributed by atoms with Crippen LogP contribution in [0.5, 0.6) is 0 Å². The number of alkyl halides is 2. The van der Waals surface area contributed by atoms with E-state index in [1.54, 1.807) is 18.2 Å². The summed E-state index contributed by atoms with van der Waals surface area (Å²) >= 11 is 31.1. The molecule has 0 unspecified atom stereocenters. The molecule has 1 aliphatic rings. The Balaban J connectivity index is 1.50. The molecule has 11 heteroatoms. The molecule has 1 aliphatic carbocycles. The van der Waals surface area contributed by atoms with E-state index in [2.05, 4.69) is 22.2 Å². The fraction of sp³-hybridized carbons (Fsp3) is 0.125. The van der Waals surface area contributed by atoms with Crippen molar-refractivity contribution in [3.8, 4) is 0 Å². The average Bonchev–Trinajstić information content (AvgIpc) is 3.36. The zero-order chi connectivity index (χ0) is 25.5. The molecule has 1 aromatic heterocycles. The second kappa shape index (κ2) is 9.96. The van der Waals surface area contributed by atoms with Crippen molar-refractivity contribution >= 4 is 87.4 Å². The van der Waals surface area contributed by atoms with E-state index in [4.69, 9.17) is 58.0 Å². The molecule has 2 aromatic carbocycles. The molecular weight excluding hydrogens is 559 g/mol. The number of carbonyl (C=O) groups excluding carboxylic acids is 2. The number of benzene rings is 2. The van der Waals surface area contributed by atoms with Gasteiger partial charge in [0, 0.05) is 27.2 Å². The molecular formula is C24H15Cl5FN3O2. The van der Waals surface area contributed by atoms with Gasteiger partial charge in [0.1, 0.15) is 10.2 Å². The van der Waals surface area contributed by atoms with Gasteiger partial charge in [0.15, 0.2) is 0 Å². The van der Waals surface area contributed by atoms with E-state index in [0.717, 1.165) is 0 Å². The van der Waals surface area contributed by atoms with Crippen LogP contribution in [-0.2, 0) is 4.79 Å². The lowest BCUT2D eigenvalue weighted by molar-refractivity contribution is -0.117. The van der Waals surface area contributed by atoms with E-state index >= 15 is 0 Å². The molecule has 0 radical (unpaired) electrons. The number of nitrogens with zero attached hydrogens (tertiary/aromatic N) is 1. The number of anilines is 2. The number of hydrogen-bond donors (Lipinski definition) is 2. The van der Waals surface area contributed by atoms with Gasteiger partial charge in [-0.3, -0.25) is 9.59 Å². The lowest BCUT2D eigenvalue weighted by Crippen LogP contribution is -2.18. The molecule has 0 bridgehead atoms. The van der Waals surface area contributed by atoms with E-state index in [0.29, 0.717) is 15.6 Å². The number of carbonyl (C=O) groups is 2. The molecule has 0 saturated heterocycles. The fourth-order valence-corrected chi connectivity index (χ4v) is 5.24. The normalized spacial score (nSPS) is 18.0. The Hall–Kier alpha value is -2.35. The predicted molar refractivity (Wildman–Crippen MR) is 139 cm³/mol. The van der Waals surface area contributed by atoms with Crippen molar-refractivity contribution < 1.29 is 14.0 Å². The van der Waals surface area contributed by atoms with Gasteiger partial charge in [-0.1, -0.05) is 47.5 Å². The third kappa shape index (κ3) is 5.42. The minimum absolute atomic E-state index is 0.0151. The minimum Gasteiger partial charge on any atom is -0.326 e. The molecule has 1 saturated carbocycles. The lowest BCUT2D eigenvalue weighted by atomic mass is 10.1. The summed E-state index contributed by atoms with van der Waals surface area (Å²) in [4.78, 5) is 29.4. The highest BCUT2D eigenvalue weighted by molar-refractivity contribution is 6.53. The van der Waals surface area contributed by atoms with Crippen molar-refractivity contribution in [2.75, 3.05) is 10.6 Å². The van der Waals surface area contributed by atoms with Gasteiger partial charge < -0.3 is 10.6 Å². The van der Waals surface area contributed by atoms with Crippen LogP contribution in [0.25, 0.3) is 6.08 Å². The van der Waals surface area contributed by atoms with Crippen molar-refractivity contribution in [3.05, 3.63) is 92.8 Å². The van der Waals surface area contributed by atoms with Crippen molar-refractivity contribution in [2.24, 2.45) is 5.92 Å². The SMILES string of the molecule is C=Cc1ccc(NC(=O)c2cc(NC(=O)[C@@H]3[C@@H](c4cc(Cl)cc(Cl)c4)C3(Cl)Cl)ccc2Cl)nc1F. The van der Waals surface area contributed by atoms with Gasteiger partial charge in [-0.05, 0) is 54.1 Å². The average molecular weight is 574 g/mol. The number of amides is 2. The number of nitrogens with one attached hydrogen (secondary N) is 2. The molecule has 35 heavy (non-hydrogen) atoms. The van der Waals surface area contributed by atoms with Crippen molar-refractivity contribution in [2.45, 2.75) is 10.3 Å². The summed E-state index contributed by atoms with van der Waals surface area (Å²) in [6.07, 6.45) is 1.30. The molecule has 2 N–H and O–H groups in total. The molecule has 2 amide bonds. The Labute approximate surface area is 225 Å². The maximum atomic E-state index is 13.9. The number of rotatable bonds is 6. The van der Waals surface area contributed by atoms with Crippen LogP contribution in [0, 0.1) is 11.9 Å². The number of halogens is 6. The summed E-state index contributed by atoms with van der Waals surface area (Å²) < 4.78 is 12.5. The Bertz CT molecular complexity index is 1340. The molecule has 3 aromatic rings. The van der Waals surface area contributed by atoms with Gasteiger partial charge in [0.25, 0.3) is 5.91 Å². The zero-order valence-electron chi connectivity index (χ0n) is 17.6. The number of pyridine rings is 1. The summed E-state index contributed by atoms with van der Waals surface area (Å²) in [5, 5.41) is 6.07. The molecule has 0 spiro atoms. The smallest absolute Gasteiger partial charge is 0.258 e. The first-order valence-corrected chi connectivity index (χ1v) is 11.9. The molecule has 5 nitrogen and oxygen atoms in total. The monoisotopic (exact) mass is 571 g/mol. The molecule has 4 rings (SSSR count). The van der Waals surface area contributed by atoms with Crippen LogP contribution in [-0.4, -0.2) is 21.1 Å². The van der Waals surface area contributed by atoms with E-state index in [1.165, 1.54) is 36.4 Å². The fourth-order valence-electron chi connectivity index (χ4n) is 3.67. The second-order valence-corrected chi connectivity index (χ2v) is 10.5. The largest absolute Gasteiger partial charge is 0.326 e. The first kappa shape index (κ1) is 25.7. The molecule has 1 heterocycles. The van der Waals surface area contributed by atoms with Crippen LogP contribution in [0.2, 0.25) is 15.1 Å². The van der Waals surface area contributed by atoms with Crippen molar-refractivity contribution in [1.29, 1.82) is 0 Å². The van der Waals surface area contributed by atoms with Gasteiger partial charge in [-0.15, -0.1) is 23.2 Å². The number of hydrogen-bond acceptors (Lipinski definition) is 3. The van der Waals surface area contributed by atoms with E-state index in [1.807, 2.05) is 0 Å². The first-order chi connectivity index (χ1) is 16.5. The standard InChI is InChI=1S/C24H15Cl5FN3O2/c1-2-11-3-6-18(32-21(11)30)33-22(34)16-10-15(4-5-17(16)27)31-23(35)20-19(24(20,28)29)12-7-13(25)9-14(26)8-12/h2-10,19-20H,1H2,(H,31,35)(H,32,33,34)/t19-,20+/m1/s1. The van der Waals surface area contributed by atoms with Gasteiger partial charge >= 0.3 is 0 Å². The Morgan fingerprint density at radius 1 is 1.00 bits per heavy atom. The topological polar surface area (TPSA) is 71.1 Å². The summed E-state index contributed by atoms with van der Waals surface area (Å²) in [5.74, 6) is -3.23. The Morgan fingerprint density at radius 3 is 2.31 bits per heavy atom. The van der Waals surface area contributed by atoms with Gasteiger partial charge in [-0.2, -0.15) is 4.39 Å². The number of aromatic nitrogens is 1. The summed E-state index contributed by atoms with van der Waals surface area (Å²) in [7, 11) is 0. The Morgan fingerprint density at radius 2 is 1.69 bits per heavy atom. The summed E-state index contributed by atoms with van der Waals surface area (Å²) in [6, 6.07) is 12.0. The first-order valence-electron chi connectivity index (χ1n) is 10.1. The molecule has 2 atom stereocenters. The minimum atomic E-state index is -1.36. The summed E-state index contributed by atoms with van der Waals surface area (Å²) in [5.41, 5.74) is 1.14. The van der Waals surface area contributed by atoms with Crippen molar-refractivity contribution in [1.82, 2.24) is 4.98 Å². The highest BCUT2D eigenvalue weighted by Gasteiger charge is 2.67. The maximum absolute atomic E-state index is 13.9. The maximum Gasteiger partial charge on any atom is 0.258 e. The lowest BCUT2D eigenvalue weighted by Gasteiger charge is -2.10. The molecule has 180 valence electrons. The van der Waals surface area contributed by atoms with Gasteiger partial charge in [0.2, 0.25) is 11.9 Å². The second-order valence-electron chi connectivity index (χ2n) is 7.75. The highest BCUT2D eigenvalue weighted by Crippen LogP contribution is 2.65. The van der Waals surface area contributed by atoms with Crippen LogP contribution in [0.1, 0.15) is 27.4 Å². The van der Waals surface area contributed by atoms with E-state index < -0.39 is 33.9 Å². The van der Waals surface area contributed by atoms with E-state index in [9.17, 15) is 14.0 Å². The van der Waals surface area contributed by atoms with Gasteiger partial charge in [-0.25, -0.2) is 4.98 Å². The van der Waals surface area contributed by atoms with E-state index in [-0.39, 0.29) is 27.7 Å². The third-order valence-corrected chi connectivity index (χ3v) is 7.10. The predicted octanol–water partition coefficient (Wildman–Crippen LogP) is 7.60. The van der Waals surface area contributed by atoms with Crippen molar-refractivity contribution in [3.63, 3.8) is 0 Å². The van der Waals surface area contributed by atoms with Crippen LogP contribution in [0.4, 0.5) is 15.9 Å². The van der Waals surface area contributed by atoms with Crippen LogP contribution in [0.3, 0.4) is 0 Å². The van der Waals surface area contributed by atoms with Gasteiger partial charge in [0.05, 0.1) is 16.5 Å². The highest BCUT2D eigenvalue weighted by atomic mass is 35.5. The van der Waals surface area contributed by atoms with Crippen LogP contribution in [0.15, 0.2) is 55.1 Å². The Kier molecular flexibility index (Phi) is 7.32. The third-order valence-electron chi connectivity index (χ3n) is 5.40.